The number of nitrogens with one attached hydrogen (secondary N) is 1. The minimum atomic E-state index is -5.08. The Balaban J connectivity index is 0.000000480. The van der Waals surface area contributed by atoms with Gasteiger partial charge in [-0.3, -0.25) is 0 Å². The predicted molar refractivity (Wildman–Crippen MR) is 93.7 cm³/mol. The lowest BCUT2D eigenvalue weighted by Gasteiger charge is -2.09. The second-order valence-electron chi connectivity index (χ2n) is 5.28. The zero-order chi connectivity index (χ0) is 21.3. The van der Waals surface area contributed by atoms with Gasteiger partial charge in [0.2, 0.25) is 0 Å². The van der Waals surface area contributed by atoms with E-state index < -0.39 is 12.1 Å². The normalized spacial score (nSPS) is 10.5. The summed E-state index contributed by atoms with van der Waals surface area (Å²) in [5, 5.41) is 10.2. The summed E-state index contributed by atoms with van der Waals surface area (Å²) in [5.74, 6) is -3.46. The summed E-state index contributed by atoms with van der Waals surface area (Å²) in [6.45, 7) is 2.37. The van der Waals surface area contributed by atoms with Gasteiger partial charge in [-0.2, -0.15) is 13.2 Å². The number of rotatable bonds is 5. The van der Waals surface area contributed by atoms with Crippen LogP contribution in [0, 0.1) is 5.82 Å². The molecule has 0 fully saturated rings. The van der Waals surface area contributed by atoms with Gasteiger partial charge in [0, 0.05) is 17.9 Å². The van der Waals surface area contributed by atoms with Crippen molar-refractivity contribution in [2.75, 3.05) is 11.9 Å². The van der Waals surface area contributed by atoms with Crippen LogP contribution in [0.3, 0.4) is 0 Å². The SMILES string of the molecule is CCOC(=O)c1ccc(Nc2cc(F)cc(CN)c2)cc1.O=C(O)C(F)(F)F. The maximum atomic E-state index is 13.4. The average molecular weight is 402 g/mol. The number of anilines is 2. The van der Waals surface area contributed by atoms with E-state index in [-0.39, 0.29) is 18.3 Å². The number of nitrogens with two attached hydrogens (primary N) is 1. The molecule has 28 heavy (non-hydrogen) atoms. The molecule has 10 heteroatoms. The predicted octanol–water partition coefficient (Wildman–Crippen LogP) is 3.84. The van der Waals surface area contributed by atoms with Crippen LogP contribution in [0.4, 0.5) is 28.9 Å². The minimum absolute atomic E-state index is 0.272. The third-order valence-electron chi connectivity index (χ3n) is 3.12. The first-order valence-corrected chi connectivity index (χ1v) is 7.90. The maximum Gasteiger partial charge on any atom is 0.490 e. The fourth-order valence-electron chi connectivity index (χ4n) is 1.91. The number of alkyl halides is 3. The number of aliphatic carboxylic acids is 1. The molecule has 2 aromatic rings. The highest BCUT2D eigenvalue weighted by atomic mass is 19.4. The number of benzene rings is 2. The highest BCUT2D eigenvalue weighted by Crippen LogP contribution is 2.20. The van der Waals surface area contributed by atoms with E-state index in [1.165, 1.54) is 12.1 Å². The first-order valence-electron chi connectivity index (χ1n) is 7.90. The second kappa shape index (κ2) is 10.3. The number of ether oxygens (including phenoxy) is 1. The van der Waals surface area contributed by atoms with Gasteiger partial charge in [-0.1, -0.05) is 0 Å². The topological polar surface area (TPSA) is 102 Å². The van der Waals surface area contributed by atoms with Crippen molar-refractivity contribution in [3.63, 3.8) is 0 Å². The minimum Gasteiger partial charge on any atom is -0.475 e. The van der Waals surface area contributed by atoms with Crippen molar-refractivity contribution in [2.24, 2.45) is 5.73 Å². The van der Waals surface area contributed by atoms with Crippen molar-refractivity contribution >= 4 is 23.3 Å². The van der Waals surface area contributed by atoms with Crippen LogP contribution in [0.2, 0.25) is 0 Å². The van der Waals surface area contributed by atoms with Crippen LogP contribution >= 0.6 is 0 Å². The summed E-state index contributed by atoms with van der Waals surface area (Å²) in [5.41, 5.74) is 8.06. The molecular weight excluding hydrogens is 384 g/mol. The van der Waals surface area contributed by atoms with Crippen molar-refractivity contribution in [1.82, 2.24) is 0 Å². The van der Waals surface area contributed by atoms with Gasteiger partial charge in [-0.25, -0.2) is 14.0 Å². The molecule has 0 aliphatic rings. The average Bonchev–Trinajstić information content (AvgIpc) is 2.61. The number of hydrogen-bond acceptors (Lipinski definition) is 5. The van der Waals surface area contributed by atoms with Gasteiger partial charge in [0.1, 0.15) is 5.82 Å². The fourth-order valence-corrected chi connectivity index (χ4v) is 1.91. The largest absolute Gasteiger partial charge is 0.490 e. The molecule has 0 amide bonds. The lowest BCUT2D eigenvalue weighted by atomic mass is 10.1. The molecule has 0 heterocycles. The molecule has 0 atom stereocenters. The molecule has 2 rings (SSSR count). The lowest BCUT2D eigenvalue weighted by molar-refractivity contribution is -0.192. The Morgan fingerprint density at radius 3 is 2.14 bits per heavy atom. The first-order chi connectivity index (χ1) is 13.1. The van der Waals surface area contributed by atoms with Gasteiger partial charge in [0.05, 0.1) is 12.2 Å². The third kappa shape index (κ3) is 7.62. The van der Waals surface area contributed by atoms with Crippen molar-refractivity contribution < 1.29 is 37.0 Å². The van der Waals surface area contributed by atoms with E-state index in [1.54, 1.807) is 37.3 Å². The van der Waals surface area contributed by atoms with Gasteiger partial charge >= 0.3 is 18.1 Å². The Morgan fingerprint density at radius 1 is 1.11 bits per heavy atom. The molecule has 0 aliphatic heterocycles. The number of carbonyl (C=O) groups excluding carboxylic acids is 1. The van der Waals surface area contributed by atoms with Gasteiger partial charge in [0.25, 0.3) is 0 Å². The fraction of sp³-hybridized carbons (Fsp3) is 0.222. The molecule has 4 N–H and O–H groups in total. The summed E-state index contributed by atoms with van der Waals surface area (Å²) in [7, 11) is 0. The molecular formula is C18H18F4N2O4. The van der Waals surface area contributed by atoms with Crippen LogP contribution < -0.4 is 11.1 Å². The quantitative estimate of drug-likeness (QED) is 0.519. The number of esters is 1. The van der Waals surface area contributed by atoms with Crippen LogP contribution in [0.1, 0.15) is 22.8 Å². The Morgan fingerprint density at radius 2 is 1.68 bits per heavy atom. The zero-order valence-electron chi connectivity index (χ0n) is 14.7. The van der Waals surface area contributed by atoms with Gasteiger partial charge in [-0.05, 0) is 55.0 Å². The standard InChI is InChI=1S/C16H17FN2O2.C2HF3O2/c1-2-21-16(20)12-3-5-14(6-4-12)19-15-8-11(10-18)7-13(17)9-15;3-2(4,5)1(6)7/h3-9,19H,2,10,18H2,1H3;(H,6,7). The Bertz CT molecular complexity index is 808. The number of hydrogen-bond donors (Lipinski definition) is 3. The lowest BCUT2D eigenvalue weighted by Crippen LogP contribution is -2.21. The highest BCUT2D eigenvalue weighted by molar-refractivity contribution is 5.89. The van der Waals surface area contributed by atoms with E-state index in [4.69, 9.17) is 20.4 Å². The molecule has 0 unspecified atom stereocenters. The molecule has 0 aliphatic carbocycles. The smallest absolute Gasteiger partial charge is 0.475 e. The van der Waals surface area contributed by atoms with E-state index in [0.29, 0.717) is 23.4 Å². The third-order valence-corrected chi connectivity index (χ3v) is 3.12. The van der Waals surface area contributed by atoms with Gasteiger partial charge < -0.3 is 20.9 Å². The van der Waals surface area contributed by atoms with Crippen molar-refractivity contribution in [3.8, 4) is 0 Å². The van der Waals surface area contributed by atoms with E-state index >= 15 is 0 Å². The van der Waals surface area contributed by atoms with E-state index in [0.717, 1.165) is 5.69 Å². The highest BCUT2D eigenvalue weighted by Gasteiger charge is 2.38. The summed E-state index contributed by atoms with van der Waals surface area (Å²) in [6.07, 6.45) is -5.08. The molecule has 0 saturated carbocycles. The number of halogens is 4. The molecule has 0 radical (unpaired) electrons. The molecule has 0 aromatic heterocycles. The number of carboxylic acids is 1. The van der Waals surface area contributed by atoms with E-state index in [2.05, 4.69) is 5.32 Å². The Hall–Kier alpha value is -3.14. The zero-order valence-corrected chi connectivity index (χ0v) is 14.7. The Labute approximate surface area is 157 Å². The monoisotopic (exact) mass is 402 g/mol. The molecule has 6 nitrogen and oxygen atoms in total. The van der Waals surface area contributed by atoms with Gasteiger partial charge in [-0.15, -0.1) is 0 Å². The van der Waals surface area contributed by atoms with Gasteiger partial charge in [0.15, 0.2) is 0 Å². The number of carbonyl (C=O) groups is 2. The molecule has 0 bridgehead atoms. The second-order valence-corrected chi connectivity index (χ2v) is 5.28. The van der Waals surface area contributed by atoms with Crippen molar-refractivity contribution in [3.05, 3.63) is 59.4 Å². The summed E-state index contributed by atoms with van der Waals surface area (Å²) in [4.78, 5) is 20.4. The first kappa shape index (κ1) is 22.9. The summed E-state index contributed by atoms with van der Waals surface area (Å²) in [6, 6.07) is 11.3. The van der Waals surface area contributed by atoms with Crippen LogP contribution in [0.15, 0.2) is 42.5 Å². The van der Waals surface area contributed by atoms with Crippen molar-refractivity contribution in [1.29, 1.82) is 0 Å². The van der Waals surface area contributed by atoms with Crippen LogP contribution in [-0.4, -0.2) is 29.8 Å². The summed E-state index contributed by atoms with van der Waals surface area (Å²) < 4.78 is 50.1. The van der Waals surface area contributed by atoms with Crippen LogP contribution in [0.5, 0.6) is 0 Å². The Kier molecular flexibility index (Phi) is 8.39. The molecule has 2 aromatic carbocycles. The van der Waals surface area contributed by atoms with Crippen LogP contribution in [-0.2, 0) is 16.1 Å². The molecule has 152 valence electrons. The maximum absolute atomic E-state index is 13.4. The number of carboxylic acid groups (broad SMARTS) is 1. The van der Waals surface area contributed by atoms with Crippen molar-refractivity contribution in [2.45, 2.75) is 19.6 Å². The van der Waals surface area contributed by atoms with E-state index in [1.807, 2.05) is 0 Å². The van der Waals surface area contributed by atoms with E-state index in [9.17, 15) is 22.4 Å². The molecule has 0 spiro atoms. The summed E-state index contributed by atoms with van der Waals surface area (Å²) >= 11 is 0. The van der Waals surface area contributed by atoms with Crippen LogP contribution in [0.25, 0.3) is 0 Å². The molecule has 0 saturated heterocycles.